The molecule has 0 N–H and O–H groups in total. The third kappa shape index (κ3) is 3.73. The number of nitrogens with zero attached hydrogens (tertiary/aromatic N) is 4. The second-order valence-electron chi connectivity index (χ2n) is 12.3. The zero-order valence-electron chi connectivity index (χ0n) is 26.1. The molecule has 0 saturated heterocycles. The van der Waals surface area contributed by atoms with Gasteiger partial charge in [0.05, 0.1) is 55.7 Å². The molecule has 10 aromatic rings. The lowest BCUT2D eigenvalue weighted by Gasteiger charge is -2.13. The van der Waals surface area contributed by atoms with Gasteiger partial charge in [-0.25, -0.2) is 0 Å². The van der Waals surface area contributed by atoms with Crippen molar-refractivity contribution in [1.29, 1.82) is 10.5 Å². The van der Waals surface area contributed by atoms with Crippen molar-refractivity contribution >= 4 is 65.6 Å². The second-order valence-corrected chi connectivity index (χ2v) is 12.3. The summed E-state index contributed by atoms with van der Waals surface area (Å²) in [6, 6.07) is 53.9. The third-order valence-corrected chi connectivity index (χ3v) is 9.74. The molecule has 5 nitrogen and oxygen atoms in total. The van der Waals surface area contributed by atoms with Crippen molar-refractivity contribution in [3.8, 4) is 34.6 Å². The first kappa shape index (κ1) is 27.1. The Kier molecular flexibility index (Phi) is 5.64. The summed E-state index contributed by atoms with van der Waals surface area (Å²) in [5, 5.41) is 26.8. The molecule has 7 aromatic carbocycles. The van der Waals surface area contributed by atoms with Gasteiger partial charge in [0.15, 0.2) is 0 Å². The molecule has 3 heterocycles. The van der Waals surface area contributed by atoms with Crippen LogP contribution in [0, 0.1) is 22.7 Å². The van der Waals surface area contributed by atoms with E-state index in [2.05, 4.69) is 106 Å². The van der Waals surface area contributed by atoms with Crippen molar-refractivity contribution in [1.82, 2.24) is 9.13 Å². The second kappa shape index (κ2) is 10.2. The summed E-state index contributed by atoms with van der Waals surface area (Å²) in [4.78, 5) is 0. The SMILES string of the molecule is N#Cc1cccc(-n2c3ccccc3c3c4oc5ccccc5c4c4c(c5ccccc5n4-c4ccc(-c5ccccc5)cc4C#N)c32)c1. The van der Waals surface area contributed by atoms with Crippen LogP contribution in [-0.2, 0) is 0 Å². The van der Waals surface area contributed by atoms with Crippen molar-refractivity contribution < 1.29 is 4.42 Å². The summed E-state index contributed by atoms with van der Waals surface area (Å²) in [6.45, 7) is 0. The standard InChI is InChI=1S/C44H24N4O/c45-25-27-11-10-14-31(23-27)47-36-18-7-5-16-33(36)40-42(47)39-32-15-4-8-19-37(32)48(43(39)41-34-17-6-9-20-38(34)49-44(40)41)35-22-21-29(24-30(35)26-46)28-12-2-1-3-13-28/h1-24H. The lowest BCUT2D eigenvalue weighted by molar-refractivity contribution is 0.673. The Labute approximate surface area is 280 Å². The average Bonchev–Trinajstić information content (AvgIpc) is 3.83. The van der Waals surface area contributed by atoms with E-state index >= 15 is 0 Å². The Morgan fingerprint density at radius 3 is 1.92 bits per heavy atom. The number of aromatic nitrogens is 2. The maximum absolute atomic E-state index is 10.7. The summed E-state index contributed by atoms with van der Waals surface area (Å²) >= 11 is 0. The van der Waals surface area contributed by atoms with Gasteiger partial charge >= 0.3 is 0 Å². The summed E-state index contributed by atoms with van der Waals surface area (Å²) < 4.78 is 11.4. The lowest BCUT2D eigenvalue weighted by atomic mass is 10.0. The molecule has 0 fully saturated rings. The topological polar surface area (TPSA) is 70.6 Å². The van der Waals surface area contributed by atoms with Gasteiger partial charge in [0, 0.05) is 27.2 Å². The molecule has 0 aliphatic carbocycles. The van der Waals surface area contributed by atoms with Crippen LogP contribution in [0.2, 0.25) is 0 Å². The third-order valence-electron chi connectivity index (χ3n) is 9.74. The minimum atomic E-state index is 0.576. The summed E-state index contributed by atoms with van der Waals surface area (Å²) in [5.74, 6) is 0. The van der Waals surface area contributed by atoms with E-state index in [1.165, 1.54) is 0 Å². The first-order valence-electron chi connectivity index (χ1n) is 16.1. The number of hydrogen-bond acceptors (Lipinski definition) is 3. The normalized spacial score (nSPS) is 11.6. The molecule has 49 heavy (non-hydrogen) atoms. The van der Waals surface area contributed by atoms with Gasteiger partial charge in [-0.05, 0) is 59.7 Å². The van der Waals surface area contributed by atoms with Gasteiger partial charge in [-0.2, -0.15) is 10.5 Å². The lowest BCUT2D eigenvalue weighted by Crippen LogP contribution is -1.99. The van der Waals surface area contributed by atoms with Crippen molar-refractivity contribution in [2.75, 3.05) is 0 Å². The number of para-hydroxylation sites is 3. The van der Waals surface area contributed by atoms with Gasteiger partial charge in [-0.15, -0.1) is 0 Å². The molecule has 0 atom stereocenters. The molecular weight excluding hydrogens is 601 g/mol. The summed E-state index contributed by atoms with van der Waals surface area (Å²) in [5.41, 5.74) is 10.5. The quantitative estimate of drug-likeness (QED) is 0.196. The Bertz CT molecular complexity index is 3070. The van der Waals surface area contributed by atoms with Gasteiger partial charge in [-0.3, -0.25) is 0 Å². The van der Waals surface area contributed by atoms with Crippen LogP contribution in [0.15, 0.2) is 150 Å². The monoisotopic (exact) mass is 624 g/mol. The fraction of sp³-hybridized carbons (Fsp3) is 0. The van der Waals surface area contributed by atoms with E-state index in [9.17, 15) is 10.5 Å². The molecule has 0 unspecified atom stereocenters. The van der Waals surface area contributed by atoms with E-state index in [4.69, 9.17) is 4.42 Å². The largest absolute Gasteiger partial charge is 0.455 e. The Balaban J connectivity index is 1.48. The number of nitriles is 2. The highest BCUT2D eigenvalue weighted by atomic mass is 16.3. The molecule has 0 aliphatic rings. The van der Waals surface area contributed by atoms with Gasteiger partial charge in [0.1, 0.15) is 17.2 Å². The molecule has 10 rings (SSSR count). The molecule has 5 heteroatoms. The first-order chi connectivity index (χ1) is 24.2. The maximum atomic E-state index is 10.7. The minimum absolute atomic E-state index is 0.576. The maximum Gasteiger partial charge on any atom is 0.147 e. The highest BCUT2D eigenvalue weighted by Crippen LogP contribution is 2.49. The van der Waals surface area contributed by atoms with Crippen LogP contribution in [0.1, 0.15) is 11.1 Å². The predicted octanol–water partition coefficient (Wildman–Crippen LogP) is 11.2. The molecule has 0 aliphatic heterocycles. The van der Waals surface area contributed by atoms with E-state index in [0.717, 1.165) is 88.1 Å². The number of benzene rings is 7. The molecule has 0 amide bonds. The fourth-order valence-electron chi connectivity index (χ4n) is 7.74. The van der Waals surface area contributed by atoms with Crippen LogP contribution in [0.4, 0.5) is 0 Å². The van der Waals surface area contributed by atoms with Crippen molar-refractivity contribution in [3.63, 3.8) is 0 Å². The van der Waals surface area contributed by atoms with E-state index < -0.39 is 0 Å². The van der Waals surface area contributed by atoms with Crippen molar-refractivity contribution in [2.45, 2.75) is 0 Å². The number of fused-ring (bicyclic) bond motifs is 12. The molecule has 0 saturated carbocycles. The van der Waals surface area contributed by atoms with Crippen LogP contribution < -0.4 is 0 Å². The first-order valence-corrected chi connectivity index (χ1v) is 16.1. The zero-order valence-corrected chi connectivity index (χ0v) is 26.1. The van der Waals surface area contributed by atoms with E-state index in [0.29, 0.717) is 11.1 Å². The van der Waals surface area contributed by atoms with Crippen LogP contribution in [0.5, 0.6) is 0 Å². The molecule has 0 bridgehead atoms. The van der Waals surface area contributed by atoms with E-state index in [1.54, 1.807) is 0 Å². The van der Waals surface area contributed by atoms with Crippen LogP contribution in [0.3, 0.4) is 0 Å². The van der Waals surface area contributed by atoms with Crippen LogP contribution >= 0.6 is 0 Å². The molecule has 0 radical (unpaired) electrons. The van der Waals surface area contributed by atoms with E-state index in [1.807, 2.05) is 60.7 Å². The number of hydrogen-bond donors (Lipinski definition) is 0. The summed E-state index contributed by atoms with van der Waals surface area (Å²) in [7, 11) is 0. The molecule has 226 valence electrons. The zero-order chi connectivity index (χ0) is 32.6. The van der Waals surface area contributed by atoms with Gasteiger partial charge in [-0.1, -0.05) is 97.1 Å². The molecular formula is C44H24N4O. The van der Waals surface area contributed by atoms with E-state index in [-0.39, 0.29) is 0 Å². The van der Waals surface area contributed by atoms with Gasteiger partial charge in [0.2, 0.25) is 0 Å². The van der Waals surface area contributed by atoms with Gasteiger partial charge in [0.25, 0.3) is 0 Å². The minimum Gasteiger partial charge on any atom is -0.455 e. The highest BCUT2D eigenvalue weighted by molar-refractivity contribution is 6.39. The Hall–Kier alpha value is -7.08. The summed E-state index contributed by atoms with van der Waals surface area (Å²) in [6.07, 6.45) is 0. The van der Waals surface area contributed by atoms with Crippen LogP contribution in [0.25, 0.3) is 88.1 Å². The smallest absolute Gasteiger partial charge is 0.147 e. The van der Waals surface area contributed by atoms with Crippen molar-refractivity contribution in [3.05, 3.63) is 157 Å². The van der Waals surface area contributed by atoms with Crippen molar-refractivity contribution in [2.24, 2.45) is 0 Å². The Morgan fingerprint density at radius 1 is 0.490 bits per heavy atom. The fourth-order valence-corrected chi connectivity index (χ4v) is 7.74. The van der Waals surface area contributed by atoms with Crippen LogP contribution in [-0.4, -0.2) is 9.13 Å². The Morgan fingerprint density at radius 2 is 1.14 bits per heavy atom. The number of furan rings is 1. The predicted molar refractivity (Wildman–Crippen MR) is 197 cm³/mol. The van der Waals surface area contributed by atoms with Gasteiger partial charge < -0.3 is 13.6 Å². The molecule has 3 aromatic heterocycles. The average molecular weight is 625 g/mol. The highest BCUT2D eigenvalue weighted by Gasteiger charge is 2.28. The number of rotatable bonds is 3. The molecule has 0 spiro atoms.